The van der Waals surface area contributed by atoms with Crippen molar-refractivity contribution in [2.75, 3.05) is 11.9 Å². The molecule has 0 saturated carbocycles. The maximum Gasteiger partial charge on any atom is 0.274 e. The second-order valence-electron chi connectivity index (χ2n) is 4.65. The number of anilines is 1. The molecular formula is C16H16BrN3O2. The molecule has 1 aromatic carbocycles. The van der Waals surface area contributed by atoms with E-state index in [2.05, 4.69) is 31.5 Å². The van der Waals surface area contributed by atoms with E-state index >= 15 is 0 Å². The van der Waals surface area contributed by atoms with Crippen molar-refractivity contribution in [1.82, 2.24) is 10.3 Å². The van der Waals surface area contributed by atoms with Gasteiger partial charge in [-0.05, 0) is 42.8 Å². The van der Waals surface area contributed by atoms with Gasteiger partial charge in [-0.2, -0.15) is 0 Å². The third-order valence-corrected chi connectivity index (χ3v) is 3.42. The molecule has 2 amide bonds. The number of carbonyl (C=O) groups is 2. The number of pyridine rings is 1. The van der Waals surface area contributed by atoms with E-state index in [1.54, 1.807) is 18.2 Å². The Morgan fingerprint density at radius 1 is 1.14 bits per heavy atom. The van der Waals surface area contributed by atoms with Crippen LogP contribution in [0.5, 0.6) is 0 Å². The van der Waals surface area contributed by atoms with Crippen LogP contribution in [0.25, 0.3) is 0 Å². The minimum absolute atomic E-state index is 0.201. The molecule has 0 unspecified atom stereocenters. The first-order valence-electron chi connectivity index (χ1n) is 6.91. The first-order valence-corrected chi connectivity index (χ1v) is 7.70. The zero-order valence-corrected chi connectivity index (χ0v) is 13.7. The molecule has 0 aliphatic rings. The van der Waals surface area contributed by atoms with Gasteiger partial charge in [0.25, 0.3) is 11.8 Å². The van der Waals surface area contributed by atoms with Crippen LogP contribution in [0.1, 0.15) is 34.2 Å². The highest BCUT2D eigenvalue weighted by Crippen LogP contribution is 2.15. The van der Waals surface area contributed by atoms with Crippen molar-refractivity contribution >= 4 is 33.4 Å². The van der Waals surface area contributed by atoms with E-state index in [0.29, 0.717) is 17.8 Å². The lowest BCUT2D eigenvalue weighted by Crippen LogP contribution is -2.24. The van der Waals surface area contributed by atoms with Crippen molar-refractivity contribution < 1.29 is 9.59 Å². The predicted octanol–water partition coefficient (Wildman–Crippen LogP) is 3.24. The standard InChI is InChI=1S/C16H16BrN3O2/c1-2-8-19-15(21)11-7-9-18-14(10-11)16(22)20-13-5-3-12(17)4-6-13/h3-7,9-10H,2,8H2,1H3,(H,19,21)(H,20,22). The molecule has 1 aromatic heterocycles. The number of aromatic nitrogens is 1. The largest absolute Gasteiger partial charge is 0.352 e. The van der Waals surface area contributed by atoms with Crippen LogP contribution in [0.3, 0.4) is 0 Å². The normalized spacial score (nSPS) is 10.1. The van der Waals surface area contributed by atoms with Gasteiger partial charge < -0.3 is 10.6 Å². The summed E-state index contributed by atoms with van der Waals surface area (Å²) in [5, 5.41) is 5.51. The van der Waals surface area contributed by atoms with E-state index < -0.39 is 0 Å². The van der Waals surface area contributed by atoms with Gasteiger partial charge in [-0.15, -0.1) is 0 Å². The number of benzene rings is 1. The third-order valence-electron chi connectivity index (χ3n) is 2.89. The number of halogens is 1. The zero-order chi connectivity index (χ0) is 15.9. The van der Waals surface area contributed by atoms with Gasteiger partial charge in [-0.25, -0.2) is 0 Å². The predicted molar refractivity (Wildman–Crippen MR) is 89.0 cm³/mol. The van der Waals surface area contributed by atoms with Crippen molar-refractivity contribution in [2.24, 2.45) is 0 Å². The molecule has 5 nitrogen and oxygen atoms in total. The molecule has 0 saturated heterocycles. The lowest BCUT2D eigenvalue weighted by atomic mass is 10.2. The Labute approximate surface area is 137 Å². The lowest BCUT2D eigenvalue weighted by molar-refractivity contribution is 0.0953. The van der Waals surface area contributed by atoms with Crippen LogP contribution in [0.4, 0.5) is 5.69 Å². The first kappa shape index (κ1) is 16.2. The molecule has 114 valence electrons. The Kier molecular flexibility index (Phi) is 5.66. The number of hydrogen-bond donors (Lipinski definition) is 2. The summed E-state index contributed by atoms with van der Waals surface area (Å²) in [4.78, 5) is 28.1. The van der Waals surface area contributed by atoms with Gasteiger partial charge in [0, 0.05) is 28.5 Å². The summed E-state index contributed by atoms with van der Waals surface area (Å²) in [7, 11) is 0. The van der Waals surface area contributed by atoms with Crippen LogP contribution in [-0.2, 0) is 0 Å². The topological polar surface area (TPSA) is 71.1 Å². The Hall–Kier alpha value is -2.21. The van der Waals surface area contributed by atoms with Crippen LogP contribution < -0.4 is 10.6 Å². The minimum Gasteiger partial charge on any atom is -0.352 e. The number of nitrogens with zero attached hydrogens (tertiary/aromatic N) is 1. The van der Waals surface area contributed by atoms with Gasteiger partial charge in [0.2, 0.25) is 0 Å². The van der Waals surface area contributed by atoms with Crippen molar-refractivity contribution in [3.8, 4) is 0 Å². The number of amides is 2. The fourth-order valence-electron chi connectivity index (χ4n) is 1.76. The Bertz CT molecular complexity index is 671. The van der Waals surface area contributed by atoms with Gasteiger partial charge >= 0.3 is 0 Å². The fourth-order valence-corrected chi connectivity index (χ4v) is 2.03. The van der Waals surface area contributed by atoms with Crippen molar-refractivity contribution in [2.45, 2.75) is 13.3 Å². The number of rotatable bonds is 5. The molecule has 0 aliphatic carbocycles. The monoisotopic (exact) mass is 361 g/mol. The van der Waals surface area contributed by atoms with E-state index in [9.17, 15) is 9.59 Å². The van der Waals surface area contributed by atoms with E-state index in [-0.39, 0.29) is 17.5 Å². The van der Waals surface area contributed by atoms with Crippen molar-refractivity contribution in [3.63, 3.8) is 0 Å². The molecule has 6 heteroatoms. The summed E-state index contributed by atoms with van der Waals surface area (Å²) >= 11 is 3.33. The van der Waals surface area contributed by atoms with Crippen LogP contribution in [0.15, 0.2) is 47.1 Å². The van der Waals surface area contributed by atoms with E-state index in [0.717, 1.165) is 10.9 Å². The highest BCUT2D eigenvalue weighted by Gasteiger charge is 2.11. The molecule has 0 radical (unpaired) electrons. The van der Waals surface area contributed by atoms with Gasteiger partial charge in [-0.1, -0.05) is 22.9 Å². The molecule has 0 spiro atoms. The molecule has 22 heavy (non-hydrogen) atoms. The van der Waals surface area contributed by atoms with E-state index in [4.69, 9.17) is 0 Å². The Balaban J connectivity index is 2.09. The van der Waals surface area contributed by atoms with Crippen molar-refractivity contribution in [1.29, 1.82) is 0 Å². The van der Waals surface area contributed by atoms with Crippen LogP contribution in [0, 0.1) is 0 Å². The SMILES string of the molecule is CCCNC(=O)c1ccnc(C(=O)Nc2ccc(Br)cc2)c1. The second-order valence-corrected chi connectivity index (χ2v) is 5.56. The maximum atomic E-state index is 12.2. The summed E-state index contributed by atoms with van der Waals surface area (Å²) in [5.41, 5.74) is 1.28. The lowest BCUT2D eigenvalue weighted by Gasteiger charge is -2.07. The summed E-state index contributed by atoms with van der Waals surface area (Å²) < 4.78 is 0.929. The summed E-state index contributed by atoms with van der Waals surface area (Å²) in [6, 6.07) is 10.3. The molecule has 2 N–H and O–H groups in total. The molecule has 0 bridgehead atoms. The van der Waals surface area contributed by atoms with Crippen LogP contribution in [-0.4, -0.2) is 23.3 Å². The molecular weight excluding hydrogens is 346 g/mol. The molecule has 0 atom stereocenters. The molecule has 2 aromatic rings. The third kappa shape index (κ3) is 4.39. The Morgan fingerprint density at radius 3 is 2.55 bits per heavy atom. The van der Waals surface area contributed by atoms with Gasteiger partial charge in [0.15, 0.2) is 0 Å². The maximum absolute atomic E-state index is 12.2. The number of hydrogen-bond acceptors (Lipinski definition) is 3. The highest BCUT2D eigenvalue weighted by molar-refractivity contribution is 9.10. The zero-order valence-electron chi connectivity index (χ0n) is 12.1. The molecule has 2 rings (SSSR count). The molecule has 0 aliphatic heterocycles. The second kappa shape index (κ2) is 7.70. The number of nitrogens with one attached hydrogen (secondary N) is 2. The average Bonchev–Trinajstić information content (AvgIpc) is 2.54. The average molecular weight is 362 g/mol. The minimum atomic E-state index is -0.354. The summed E-state index contributed by atoms with van der Waals surface area (Å²) in [6.45, 7) is 2.57. The van der Waals surface area contributed by atoms with Crippen LogP contribution >= 0.6 is 15.9 Å². The van der Waals surface area contributed by atoms with Gasteiger partial charge in [0.1, 0.15) is 5.69 Å². The quantitative estimate of drug-likeness (QED) is 0.858. The smallest absolute Gasteiger partial charge is 0.274 e. The summed E-state index contributed by atoms with van der Waals surface area (Å²) in [6.07, 6.45) is 2.31. The van der Waals surface area contributed by atoms with Gasteiger partial charge in [-0.3, -0.25) is 14.6 Å². The Morgan fingerprint density at radius 2 is 1.86 bits per heavy atom. The first-order chi connectivity index (χ1) is 10.6. The highest BCUT2D eigenvalue weighted by atomic mass is 79.9. The number of carbonyl (C=O) groups excluding carboxylic acids is 2. The molecule has 1 heterocycles. The van der Waals surface area contributed by atoms with E-state index in [1.165, 1.54) is 12.3 Å². The van der Waals surface area contributed by atoms with E-state index in [1.807, 2.05) is 19.1 Å². The fraction of sp³-hybridized carbons (Fsp3) is 0.188. The summed E-state index contributed by atoms with van der Waals surface area (Å²) in [5.74, 6) is -0.561. The molecule has 0 fully saturated rings. The van der Waals surface area contributed by atoms with Crippen molar-refractivity contribution in [3.05, 3.63) is 58.3 Å². The van der Waals surface area contributed by atoms with Gasteiger partial charge in [0.05, 0.1) is 0 Å². The van der Waals surface area contributed by atoms with Crippen LogP contribution in [0.2, 0.25) is 0 Å².